The van der Waals surface area contributed by atoms with Gasteiger partial charge in [0.2, 0.25) is 0 Å². The molecule has 0 heterocycles. The van der Waals surface area contributed by atoms with Crippen molar-refractivity contribution in [1.82, 2.24) is 10.6 Å². The molecule has 0 atom stereocenters. The summed E-state index contributed by atoms with van der Waals surface area (Å²) in [5.41, 5.74) is 0. The number of aliphatic carboxylic acids is 1. The molecule has 0 aromatic heterocycles. The Bertz CT molecular complexity index is 570. The van der Waals surface area contributed by atoms with Gasteiger partial charge in [0.1, 0.15) is 11.5 Å². The SMILES string of the molecule is COc1cccc(OCCCNC(=O)NC2CCC(C(=O)O)CC2)c1. The Morgan fingerprint density at radius 2 is 1.92 bits per heavy atom. The molecular formula is C18H26N2O5. The Balaban J connectivity index is 1.56. The third kappa shape index (κ3) is 6.52. The summed E-state index contributed by atoms with van der Waals surface area (Å²) in [6, 6.07) is 7.23. The topological polar surface area (TPSA) is 96.9 Å². The highest BCUT2D eigenvalue weighted by Gasteiger charge is 2.26. The number of nitrogens with one attached hydrogen (secondary N) is 2. The van der Waals surface area contributed by atoms with Crippen LogP contribution in [0.15, 0.2) is 24.3 Å². The van der Waals surface area contributed by atoms with Crippen molar-refractivity contribution in [2.75, 3.05) is 20.3 Å². The zero-order valence-corrected chi connectivity index (χ0v) is 14.5. The summed E-state index contributed by atoms with van der Waals surface area (Å²) < 4.78 is 10.7. The average Bonchev–Trinajstić information content (AvgIpc) is 2.62. The van der Waals surface area contributed by atoms with Gasteiger partial charge in [0.25, 0.3) is 0 Å². The summed E-state index contributed by atoms with van der Waals surface area (Å²) in [6.07, 6.45) is 3.35. The van der Waals surface area contributed by atoms with E-state index in [4.69, 9.17) is 14.6 Å². The molecule has 0 unspecified atom stereocenters. The molecule has 0 spiro atoms. The van der Waals surface area contributed by atoms with Crippen LogP contribution in [-0.4, -0.2) is 43.4 Å². The maximum Gasteiger partial charge on any atom is 0.315 e. The molecule has 0 bridgehead atoms. The third-order valence-corrected chi connectivity index (χ3v) is 4.33. The molecule has 1 aliphatic carbocycles. The number of hydrogen-bond donors (Lipinski definition) is 3. The van der Waals surface area contributed by atoms with Crippen LogP contribution in [0.5, 0.6) is 11.5 Å². The van der Waals surface area contributed by atoms with Crippen LogP contribution in [0.4, 0.5) is 4.79 Å². The molecule has 138 valence electrons. The lowest BCUT2D eigenvalue weighted by molar-refractivity contribution is -0.142. The van der Waals surface area contributed by atoms with Crippen molar-refractivity contribution in [2.45, 2.75) is 38.1 Å². The van der Waals surface area contributed by atoms with E-state index in [-0.39, 0.29) is 18.0 Å². The second-order valence-corrected chi connectivity index (χ2v) is 6.17. The van der Waals surface area contributed by atoms with Crippen molar-refractivity contribution in [3.63, 3.8) is 0 Å². The standard InChI is InChI=1S/C18H26N2O5/c1-24-15-4-2-5-16(12-15)25-11-3-10-19-18(23)20-14-8-6-13(7-9-14)17(21)22/h2,4-5,12-14H,3,6-11H2,1H3,(H,21,22)(H2,19,20,23). The van der Waals surface area contributed by atoms with E-state index in [1.807, 2.05) is 24.3 Å². The van der Waals surface area contributed by atoms with Gasteiger partial charge in [-0.3, -0.25) is 4.79 Å². The first-order valence-electron chi connectivity index (χ1n) is 8.62. The van der Waals surface area contributed by atoms with Crippen molar-refractivity contribution in [3.05, 3.63) is 24.3 Å². The van der Waals surface area contributed by atoms with Gasteiger partial charge in [-0.25, -0.2) is 4.79 Å². The van der Waals surface area contributed by atoms with Crippen molar-refractivity contribution >= 4 is 12.0 Å². The van der Waals surface area contributed by atoms with Crippen molar-refractivity contribution < 1.29 is 24.2 Å². The van der Waals surface area contributed by atoms with Gasteiger partial charge in [0.15, 0.2) is 0 Å². The van der Waals surface area contributed by atoms with E-state index in [9.17, 15) is 9.59 Å². The smallest absolute Gasteiger partial charge is 0.315 e. The summed E-state index contributed by atoms with van der Waals surface area (Å²) in [4.78, 5) is 22.8. The van der Waals surface area contributed by atoms with Crippen molar-refractivity contribution in [2.24, 2.45) is 5.92 Å². The highest BCUT2D eigenvalue weighted by atomic mass is 16.5. The van der Waals surface area contributed by atoms with Gasteiger partial charge >= 0.3 is 12.0 Å². The van der Waals surface area contributed by atoms with Gasteiger partial charge in [-0.15, -0.1) is 0 Å². The van der Waals surface area contributed by atoms with Crippen LogP contribution in [0.25, 0.3) is 0 Å². The van der Waals surface area contributed by atoms with Crippen LogP contribution < -0.4 is 20.1 Å². The van der Waals surface area contributed by atoms with E-state index in [1.54, 1.807) is 7.11 Å². The van der Waals surface area contributed by atoms with Gasteiger partial charge in [-0.2, -0.15) is 0 Å². The van der Waals surface area contributed by atoms with Gasteiger partial charge in [0.05, 0.1) is 19.6 Å². The Hall–Kier alpha value is -2.44. The van der Waals surface area contributed by atoms with E-state index in [1.165, 1.54) is 0 Å². The van der Waals surface area contributed by atoms with Crippen LogP contribution in [0.3, 0.4) is 0 Å². The maximum absolute atomic E-state index is 11.8. The molecule has 7 heteroatoms. The van der Waals surface area contributed by atoms with Gasteiger partial charge < -0.3 is 25.2 Å². The molecule has 0 aliphatic heterocycles. The van der Waals surface area contributed by atoms with E-state index in [0.717, 1.165) is 11.5 Å². The van der Waals surface area contributed by atoms with E-state index >= 15 is 0 Å². The monoisotopic (exact) mass is 350 g/mol. The van der Waals surface area contributed by atoms with Gasteiger partial charge in [0, 0.05) is 18.7 Å². The fraction of sp³-hybridized carbons (Fsp3) is 0.556. The largest absolute Gasteiger partial charge is 0.497 e. The Morgan fingerprint density at radius 3 is 2.60 bits per heavy atom. The molecule has 25 heavy (non-hydrogen) atoms. The number of hydrogen-bond acceptors (Lipinski definition) is 4. The highest BCUT2D eigenvalue weighted by Crippen LogP contribution is 2.24. The minimum Gasteiger partial charge on any atom is -0.497 e. The number of amides is 2. The third-order valence-electron chi connectivity index (χ3n) is 4.33. The predicted molar refractivity (Wildman–Crippen MR) is 93.0 cm³/mol. The zero-order valence-electron chi connectivity index (χ0n) is 14.5. The molecule has 1 saturated carbocycles. The molecule has 0 radical (unpaired) electrons. The minimum atomic E-state index is -0.737. The van der Waals surface area contributed by atoms with Crippen LogP contribution in [0.2, 0.25) is 0 Å². The van der Waals surface area contributed by atoms with Crippen molar-refractivity contribution in [3.8, 4) is 11.5 Å². The van der Waals surface area contributed by atoms with E-state index < -0.39 is 5.97 Å². The summed E-state index contributed by atoms with van der Waals surface area (Å²) in [6.45, 7) is 1.01. The lowest BCUT2D eigenvalue weighted by Crippen LogP contribution is -2.44. The summed E-state index contributed by atoms with van der Waals surface area (Å²) >= 11 is 0. The Kier molecular flexibility index (Phi) is 7.37. The number of ether oxygens (including phenoxy) is 2. The molecule has 1 fully saturated rings. The number of methoxy groups -OCH3 is 1. The molecule has 1 aliphatic rings. The molecular weight excluding hydrogens is 324 g/mol. The molecule has 3 N–H and O–H groups in total. The number of urea groups is 1. The van der Waals surface area contributed by atoms with Gasteiger partial charge in [-0.1, -0.05) is 6.07 Å². The van der Waals surface area contributed by atoms with Crippen LogP contribution in [0, 0.1) is 5.92 Å². The average molecular weight is 350 g/mol. The van der Waals surface area contributed by atoms with Crippen molar-refractivity contribution in [1.29, 1.82) is 0 Å². The number of carbonyl (C=O) groups excluding carboxylic acids is 1. The highest BCUT2D eigenvalue weighted by molar-refractivity contribution is 5.74. The van der Waals surface area contributed by atoms with Crippen LogP contribution >= 0.6 is 0 Å². The number of benzene rings is 1. The van der Waals surface area contributed by atoms with E-state index in [2.05, 4.69) is 10.6 Å². The number of carboxylic acid groups (broad SMARTS) is 1. The predicted octanol–water partition coefficient (Wildman–Crippen LogP) is 2.41. The molecule has 2 amide bonds. The second-order valence-electron chi connectivity index (χ2n) is 6.17. The minimum absolute atomic E-state index is 0.0589. The first kappa shape index (κ1) is 18.9. The van der Waals surface area contributed by atoms with Crippen LogP contribution in [-0.2, 0) is 4.79 Å². The summed E-state index contributed by atoms with van der Waals surface area (Å²) in [5, 5.41) is 14.7. The normalized spacial score (nSPS) is 19.7. The maximum atomic E-state index is 11.8. The first-order valence-corrected chi connectivity index (χ1v) is 8.62. The molecule has 2 rings (SSSR count). The first-order chi connectivity index (χ1) is 12.1. The lowest BCUT2D eigenvalue weighted by atomic mass is 9.86. The molecule has 1 aromatic carbocycles. The fourth-order valence-corrected chi connectivity index (χ4v) is 2.88. The number of rotatable bonds is 8. The molecule has 0 saturated heterocycles. The Labute approximate surface area is 147 Å². The summed E-state index contributed by atoms with van der Waals surface area (Å²) in [5.74, 6) is 0.473. The molecule has 7 nitrogen and oxygen atoms in total. The molecule has 1 aromatic rings. The van der Waals surface area contributed by atoms with E-state index in [0.29, 0.717) is 45.3 Å². The quantitative estimate of drug-likeness (QED) is 0.626. The second kappa shape index (κ2) is 9.76. The number of carboxylic acids is 1. The Morgan fingerprint density at radius 1 is 1.20 bits per heavy atom. The number of carbonyl (C=O) groups is 2. The summed E-state index contributed by atoms with van der Waals surface area (Å²) in [7, 11) is 1.61. The van der Waals surface area contributed by atoms with Crippen LogP contribution in [0.1, 0.15) is 32.1 Å². The van der Waals surface area contributed by atoms with Gasteiger partial charge in [-0.05, 0) is 44.2 Å². The lowest BCUT2D eigenvalue weighted by Gasteiger charge is -2.26. The zero-order chi connectivity index (χ0) is 18.1. The fourth-order valence-electron chi connectivity index (χ4n) is 2.88.